The fraction of sp³-hybridized carbons (Fsp3) is 0. The molecule has 0 radical (unpaired) electrons. The van der Waals surface area contributed by atoms with Crippen molar-refractivity contribution >= 4 is 53.0 Å². The molecule has 8 heteroatoms. The van der Waals surface area contributed by atoms with Crippen LogP contribution in [0.5, 0.6) is 0 Å². The molecular formula is C38H28N2O4S2. The highest BCUT2D eigenvalue weighted by atomic mass is 32.2. The predicted octanol–water partition coefficient (Wildman–Crippen LogP) is 8.19. The van der Waals surface area contributed by atoms with Gasteiger partial charge in [-0.2, -0.15) is 0 Å². The Bertz CT molecular complexity index is 2330. The average Bonchev–Trinajstić information content (AvgIpc) is 3.74. The van der Waals surface area contributed by atoms with Crippen molar-refractivity contribution in [1.29, 1.82) is 0 Å². The van der Waals surface area contributed by atoms with Gasteiger partial charge in [0.15, 0.2) is 0 Å². The SMILES string of the molecule is C=C(c1ccc(C(=C)c2cccc3c2ccn3S(=O)(=O)c2ccccc2)cc1)c1cccc2c1ccn2S(=O)(=O)c1ccccc1. The molecule has 0 saturated carbocycles. The van der Waals surface area contributed by atoms with Crippen LogP contribution in [0.25, 0.3) is 33.0 Å². The lowest BCUT2D eigenvalue weighted by Crippen LogP contribution is -2.11. The van der Waals surface area contributed by atoms with Gasteiger partial charge in [-0.1, -0.05) is 98.1 Å². The topological polar surface area (TPSA) is 78.1 Å². The summed E-state index contributed by atoms with van der Waals surface area (Å²) in [5.74, 6) is 0. The lowest BCUT2D eigenvalue weighted by atomic mass is 9.93. The van der Waals surface area contributed by atoms with Crippen molar-refractivity contribution in [2.45, 2.75) is 9.79 Å². The van der Waals surface area contributed by atoms with Crippen LogP contribution in [-0.4, -0.2) is 24.8 Å². The Kier molecular flexibility index (Phi) is 7.11. The van der Waals surface area contributed by atoms with E-state index in [-0.39, 0.29) is 9.79 Å². The smallest absolute Gasteiger partial charge is 0.241 e. The van der Waals surface area contributed by atoms with E-state index in [1.165, 1.54) is 7.94 Å². The summed E-state index contributed by atoms with van der Waals surface area (Å²) in [4.78, 5) is 0.440. The average molecular weight is 641 g/mol. The van der Waals surface area contributed by atoms with Crippen LogP contribution in [0.3, 0.4) is 0 Å². The van der Waals surface area contributed by atoms with Gasteiger partial charge in [-0.05, 0) is 81.9 Å². The molecule has 0 aliphatic heterocycles. The molecule has 6 nitrogen and oxygen atoms in total. The van der Waals surface area contributed by atoms with Gasteiger partial charge in [0.25, 0.3) is 20.0 Å². The molecule has 0 aliphatic rings. The van der Waals surface area contributed by atoms with Crippen LogP contribution in [0.1, 0.15) is 22.3 Å². The van der Waals surface area contributed by atoms with Crippen LogP contribution in [0.15, 0.2) is 169 Å². The molecule has 0 atom stereocenters. The summed E-state index contributed by atoms with van der Waals surface area (Å²) in [6.45, 7) is 8.72. The number of hydrogen-bond acceptors (Lipinski definition) is 4. The quantitative estimate of drug-likeness (QED) is 0.168. The summed E-state index contributed by atoms with van der Waals surface area (Å²) in [5, 5.41) is 1.56. The first-order valence-electron chi connectivity index (χ1n) is 14.5. The van der Waals surface area contributed by atoms with E-state index >= 15 is 0 Å². The van der Waals surface area contributed by atoms with E-state index in [0.717, 1.165) is 44.2 Å². The maximum Gasteiger partial charge on any atom is 0.268 e. The Hall–Kier alpha value is -5.44. The molecule has 5 aromatic carbocycles. The lowest BCUT2D eigenvalue weighted by Gasteiger charge is -2.13. The van der Waals surface area contributed by atoms with E-state index in [2.05, 4.69) is 13.2 Å². The monoisotopic (exact) mass is 640 g/mol. The molecule has 0 saturated heterocycles. The fourth-order valence-electron chi connectivity index (χ4n) is 5.83. The molecule has 2 heterocycles. The number of aromatic nitrogens is 2. The largest absolute Gasteiger partial charge is 0.268 e. The zero-order valence-corrected chi connectivity index (χ0v) is 26.2. The van der Waals surface area contributed by atoms with Gasteiger partial charge >= 0.3 is 0 Å². The molecule has 7 rings (SSSR count). The third-order valence-corrected chi connectivity index (χ3v) is 11.6. The predicted molar refractivity (Wildman–Crippen MR) is 185 cm³/mol. The number of nitrogens with zero attached hydrogens (tertiary/aromatic N) is 2. The molecule has 7 aromatic rings. The van der Waals surface area contributed by atoms with E-state index in [0.29, 0.717) is 11.0 Å². The molecule has 46 heavy (non-hydrogen) atoms. The van der Waals surface area contributed by atoms with Gasteiger partial charge in [0.1, 0.15) is 0 Å². The van der Waals surface area contributed by atoms with Gasteiger partial charge in [-0.15, -0.1) is 0 Å². The van der Waals surface area contributed by atoms with Crippen LogP contribution in [0, 0.1) is 0 Å². The van der Waals surface area contributed by atoms with Crippen molar-refractivity contribution in [3.63, 3.8) is 0 Å². The fourth-order valence-corrected chi connectivity index (χ4v) is 8.56. The second kappa shape index (κ2) is 11.2. The number of hydrogen-bond donors (Lipinski definition) is 0. The number of benzene rings is 5. The van der Waals surface area contributed by atoms with E-state index in [1.54, 1.807) is 97.3 Å². The van der Waals surface area contributed by atoms with Crippen LogP contribution < -0.4 is 0 Å². The third kappa shape index (κ3) is 4.79. The Morgan fingerprint density at radius 2 is 0.804 bits per heavy atom. The van der Waals surface area contributed by atoms with E-state index < -0.39 is 20.0 Å². The molecule has 0 N–H and O–H groups in total. The summed E-state index contributed by atoms with van der Waals surface area (Å²) >= 11 is 0. The van der Waals surface area contributed by atoms with E-state index in [9.17, 15) is 16.8 Å². The Morgan fingerprint density at radius 3 is 1.17 bits per heavy atom. The van der Waals surface area contributed by atoms with Crippen molar-refractivity contribution < 1.29 is 16.8 Å². The van der Waals surface area contributed by atoms with Crippen LogP contribution >= 0.6 is 0 Å². The molecule has 2 aromatic heterocycles. The minimum absolute atomic E-state index is 0.220. The second-order valence-electron chi connectivity index (χ2n) is 10.9. The number of fused-ring (bicyclic) bond motifs is 2. The molecule has 0 aliphatic carbocycles. The first kappa shape index (κ1) is 29.3. The molecule has 0 amide bonds. The Labute approximate surface area is 267 Å². The zero-order chi connectivity index (χ0) is 32.1. The molecule has 0 unspecified atom stereocenters. The van der Waals surface area contributed by atoms with E-state index in [4.69, 9.17) is 0 Å². The van der Waals surface area contributed by atoms with Gasteiger partial charge < -0.3 is 0 Å². The van der Waals surface area contributed by atoms with Crippen molar-refractivity contribution in [3.8, 4) is 0 Å². The van der Waals surface area contributed by atoms with Gasteiger partial charge in [0.2, 0.25) is 0 Å². The summed E-state index contributed by atoms with van der Waals surface area (Å²) in [5.41, 5.74) is 6.06. The van der Waals surface area contributed by atoms with Gasteiger partial charge in [0, 0.05) is 23.2 Å². The van der Waals surface area contributed by atoms with Crippen molar-refractivity contribution in [2.75, 3.05) is 0 Å². The molecule has 0 bridgehead atoms. The first-order valence-corrected chi connectivity index (χ1v) is 17.4. The summed E-state index contributed by atoms with van der Waals surface area (Å²) in [6.07, 6.45) is 3.16. The summed E-state index contributed by atoms with van der Waals surface area (Å²) in [7, 11) is -7.53. The first-order chi connectivity index (χ1) is 22.2. The van der Waals surface area contributed by atoms with Crippen molar-refractivity contribution in [1.82, 2.24) is 7.94 Å². The minimum atomic E-state index is -3.77. The standard InChI is InChI=1S/C38H28N2O4S2/c1-27(33-15-9-17-37-35(33)23-25-39(37)45(41,42)31-11-5-3-6-12-31)29-19-21-30(22-20-29)28(2)34-16-10-18-38-36(34)24-26-40(38)46(43,44)32-13-7-4-8-14-32/h3-26H,1-2H2. The molecular weight excluding hydrogens is 613 g/mol. The third-order valence-electron chi connectivity index (χ3n) is 8.23. The van der Waals surface area contributed by atoms with Gasteiger partial charge in [0.05, 0.1) is 20.8 Å². The summed E-state index contributed by atoms with van der Waals surface area (Å²) in [6, 6.07) is 39.3. The normalized spacial score (nSPS) is 12.0. The van der Waals surface area contributed by atoms with Crippen LogP contribution in [-0.2, 0) is 20.0 Å². The van der Waals surface area contributed by atoms with Gasteiger partial charge in [-0.3, -0.25) is 0 Å². The number of rotatable bonds is 8. The van der Waals surface area contributed by atoms with E-state index in [1.807, 2.05) is 48.5 Å². The molecule has 226 valence electrons. The zero-order valence-electron chi connectivity index (χ0n) is 24.6. The van der Waals surface area contributed by atoms with Gasteiger partial charge in [-0.25, -0.2) is 24.8 Å². The molecule has 0 fully saturated rings. The summed E-state index contributed by atoms with van der Waals surface area (Å²) < 4.78 is 56.1. The van der Waals surface area contributed by atoms with Crippen LogP contribution in [0.2, 0.25) is 0 Å². The Morgan fingerprint density at radius 1 is 0.435 bits per heavy atom. The highest BCUT2D eigenvalue weighted by molar-refractivity contribution is 7.90. The highest BCUT2D eigenvalue weighted by Crippen LogP contribution is 2.34. The lowest BCUT2D eigenvalue weighted by molar-refractivity contribution is 0.587. The maximum absolute atomic E-state index is 13.4. The van der Waals surface area contributed by atoms with Crippen molar-refractivity contribution in [3.05, 3.63) is 181 Å². The highest BCUT2D eigenvalue weighted by Gasteiger charge is 2.22. The van der Waals surface area contributed by atoms with Crippen molar-refractivity contribution in [2.24, 2.45) is 0 Å². The maximum atomic E-state index is 13.4. The minimum Gasteiger partial charge on any atom is -0.241 e. The molecule has 0 spiro atoms. The Balaban J connectivity index is 1.19. The van der Waals surface area contributed by atoms with Crippen LogP contribution in [0.4, 0.5) is 0 Å². The second-order valence-corrected chi connectivity index (χ2v) is 14.5.